The molecule has 0 saturated carbocycles. The van der Waals surface area contributed by atoms with Gasteiger partial charge < -0.3 is 4.42 Å². The van der Waals surface area contributed by atoms with Crippen molar-refractivity contribution in [1.82, 2.24) is 9.97 Å². The van der Waals surface area contributed by atoms with Crippen molar-refractivity contribution >= 4 is 43.6 Å². The molecule has 0 aliphatic heterocycles. The summed E-state index contributed by atoms with van der Waals surface area (Å²) in [5, 5.41) is 5.54. The van der Waals surface area contributed by atoms with Gasteiger partial charge in [0.1, 0.15) is 11.2 Å². The summed E-state index contributed by atoms with van der Waals surface area (Å²) in [6, 6.07) is 42.7. The van der Waals surface area contributed by atoms with Crippen molar-refractivity contribution in [3.8, 4) is 33.8 Å². The number of hydrogen-bond donors (Lipinski definition) is 0. The van der Waals surface area contributed by atoms with Gasteiger partial charge in [0, 0.05) is 32.7 Å². The van der Waals surface area contributed by atoms with E-state index < -0.39 is 0 Å². The van der Waals surface area contributed by atoms with Gasteiger partial charge in [-0.15, -0.1) is 0 Å². The number of para-hydroxylation sites is 2. The highest BCUT2D eigenvalue weighted by atomic mass is 16.3. The average Bonchev–Trinajstić information content (AvgIpc) is 3.58. The van der Waals surface area contributed by atoms with Crippen LogP contribution in [0.4, 0.5) is 0 Å². The van der Waals surface area contributed by atoms with Crippen molar-refractivity contribution in [2.75, 3.05) is 0 Å². The molecule has 1 aliphatic carbocycles. The van der Waals surface area contributed by atoms with Crippen LogP contribution in [0.5, 0.6) is 0 Å². The fourth-order valence-electron chi connectivity index (χ4n) is 6.37. The van der Waals surface area contributed by atoms with Gasteiger partial charge in [-0.3, -0.25) is 0 Å². The van der Waals surface area contributed by atoms with E-state index in [-0.39, 0.29) is 0 Å². The van der Waals surface area contributed by atoms with Gasteiger partial charge in [-0.25, -0.2) is 9.97 Å². The number of rotatable bonds is 2. The highest BCUT2D eigenvalue weighted by Gasteiger charge is 2.20. The second kappa shape index (κ2) is 8.11. The number of benzene rings is 6. The number of hydrogen-bond acceptors (Lipinski definition) is 3. The summed E-state index contributed by atoms with van der Waals surface area (Å²) in [7, 11) is 0. The summed E-state index contributed by atoms with van der Waals surface area (Å²) in [5.41, 5.74) is 11.3. The van der Waals surface area contributed by atoms with E-state index in [1.807, 2.05) is 18.2 Å². The molecular weight excluding hydrogens is 488 g/mol. The van der Waals surface area contributed by atoms with Crippen molar-refractivity contribution in [3.05, 3.63) is 132 Å². The molecule has 0 saturated heterocycles. The van der Waals surface area contributed by atoms with Gasteiger partial charge in [0.25, 0.3) is 0 Å². The minimum atomic E-state index is 0.726. The Labute approximate surface area is 230 Å². The summed E-state index contributed by atoms with van der Waals surface area (Å²) in [5.74, 6) is 0.726. The van der Waals surface area contributed by atoms with E-state index in [4.69, 9.17) is 14.4 Å². The molecule has 3 heteroatoms. The molecule has 0 atom stereocenters. The molecule has 0 radical (unpaired) electrons. The predicted molar refractivity (Wildman–Crippen MR) is 163 cm³/mol. The molecule has 0 fully saturated rings. The van der Waals surface area contributed by atoms with Crippen LogP contribution in [0.3, 0.4) is 0 Å². The third-order valence-corrected chi connectivity index (χ3v) is 8.29. The monoisotopic (exact) mass is 510 g/mol. The van der Waals surface area contributed by atoms with Crippen LogP contribution in [0.1, 0.15) is 11.1 Å². The first-order chi connectivity index (χ1) is 19.8. The Kier molecular flexibility index (Phi) is 4.39. The molecule has 6 aromatic carbocycles. The van der Waals surface area contributed by atoms with Crippen LogP contribution < -0.4 is 0 Å². The highest BCUT2D eigenvalue weighted by Crippen LogP contribution is 2.40. The quantitative estimate of drug-likeness (QED) is 0.232. The summed E-state index contributed by atoms with van der Waals surface area (Å²) in [4.78, 5) is 10.2. The maximum absolute atomic E-state index is 6.27. The lowest BCUT2D eigenvalue weighted by Gasteiger charge is -2.11. The maximum atomic E-state index is 6.27. The third kappa shape index (κ3) is 3.12. The van der Waals surface area contributed by atoms with E-state index in [2.05, 4.69) is 103 Å². The van der Waals surface area contributed by atoms with Crippen LogP contribution in [0, 0.1) is 0 Å². The molecule has 0 N–H and O–H groups in total. The molecule has 8 aromatic rings. The van der Waals surface area contributed by atoms with Crippen LogP contribution in [-0.2, 0) is 6.42 Å². The third-order valence-electron chi connectivity index (χ3n) is 8.29. The van der Waals surface area contributed by atoms with Crippen LogP contribution in [-0.4, -0.2) is 9.97 Å². The van der Waals surface area contributed by atoms with Crippen LogP contribution in [0.2, 0.25) is 0 Å². The lowest BCUT2D eigenvalue weighted by Crippen LogP contribution is -1.96. The van der Waals surface area contributed by atoms with Crippen LogP contribution in [0.15, 0.2) is 126 Å². The molecule has 0 spiro atoms. The van der Waals surface area contributed by atoms with Crippen molar-refractivity contribution < 1.29 is 4.42 Å². The first-order valence-electron chi connectivity index (χ1n) is 13.6. The number of furan rings is 1. The van der Waals surface area contributed by atoms with Crippen LogP contribution >= 0.6 is 0 Å². The molecule has 2 heterocycles. The highest BCUT2D eigenvalue weighted by molar-refractivity contribution is 6.15. The van der Waals surface area contributed by atoms with Gasteiger partial charge in [-0.1, -0.05) is 84.9 Å². The van der Waals surface area contributed by atoms with Crippen molar-refractivity contribution in [1.29, 1.82) is 0 Å². The summed E-state index contributed by atoms with van der Waals surface area (Å²) in [6.45, 7) is 0. The van der Waals surface area contributed by atoms with Crippen molar-refractivity contribution in [2.45, 2.75) is 6.42 Å². The molecule has 0 unspecified atom stereocenters. The Balaban J connectivity index is 1.21. The normalized spacial score (nSPS) is 12.4. The standard InChI is InChI=1S/C37H22N2O/c1-2-8-27-22(7-1)20-26-21-24(14-16-28(26)27)35-32-10-3-5-11-33(32)38-37(39-35)25-15-17-29-23(19-25)13-18-31-30-9-4-6-12-34(30)40-36(29)31/h1-19,21H,20H2. The molecule has 1 aliphatic rings. The summed E-state index contributed by atoms with van der Waals surface area (Å²) >= 11 is 0. The summed E-state index contributed by atoms with van der Waals surface area (Å²) in [6.07, 6.45) is 0.955. The molecule has 40 heavy (non-hydrogen) atoms. The minimum absolute atomic E-state index is 0.726. The topological polar surface area (TPSA) is 38.9 Å². The Morgan fingerprint density at radius 1 is 0.525 bits per heavy atom. The lowest BCUT2D eigenvalue weighted by molar-refractivity contribution is 0.672. The first kappa shape index (κ1) is 21.6. The van der Waals surface area contributed by atoms with Crippen LogP contribution in [0.25, 0.3) is 77.4 Å². The molecule has 2 aromatic heterocycles. The fourth-order valence-corrected chi connectivity index (χ4v) is 6.37. The van der Waals surface area contributed by atoms with E-state index in [9.17, 15) is 0 Å². The van der Waals surface area contributed by atoms with Gasteiger partial charge in [0.2, 0.25) is 0 Å². The Hall–Kier alpha value is -5.28. The molecule has 9 rings (SSSR count). The second-order valence-electron chi connectivity index (χ2n) is 10.6. The van der Waals surface area contributed by atoms with Gasteiger partial charge >= 0.3 is 0 Å². The van der Waals surface area contributed by atoms with E-state index in [0.29, 0.717) is 0 Å². The smallest absolute Gasteiger partial charge is 0.160 e. The van der Waals surface area contributed by atoms with E-state index >= 15 is 0 Å². The molecule has 3 nitrogen and oxygen atoms in total. The van der Waals surface area contributed by atoms with Crippen molar-refractivity contribution in [3.63, 3.8) is 0 Å². The zero-order valence-electron chi connectivity index (χ0n) is 21.6. The molecule has 0 bridgehead atoms. The van der Waals surface area contributed by atoms with Gasteiger partial charge in [-0.05, 0) is 70.5 Å². The molecular formula is C37H22N2O. The number of aromatic nitrogens is 2. The fraction of sp³-hybridized carbons (Fsp3) is 0.0270. The van der Waals surface area contributed by atoms with Gasteiger partial charge in [0.15, 0.2) is 5.82 Å². The molecule has 0 amide bonds. The number of nitrogens with zero attached hydrogens (tertiary/aromatic N) is 2. The Bertz CT molecular complexity index is 2310. The maximum Gasteiger partial charge on any atom is 0.160 e. The van der Waals surface area contributed by atoms with E-state index in [1.165, 1.54) is 22.3 Å². The van der Waals surface area contributed by atoms with Crippen molar-refractivity contribution in [2.24, 2.45) is 0 Å². The first-order valence-corrected chi connectivity index (χ1v) is 13.6. The second-order valence-corrected chi connectivity index (χ2v) is 10.6. The zero-order valence-corrected chi connectivity index (χ0v) is 21.6. The van der Waals surface area contributed by atoms with E-state index in [0.717, 1.165) is 72.7 Å². The Morgan fingerprint density at radius 2 is 1.30 bits per heavy atom. The van der Waals surface area contributed by atoms with Gasteiger partial charge in [0.05, 0.1) is 11.2 Å². The van der Waals surface area contributed by atoms with Gasteiger partial charge in [-0.2, -0.15) is 0 Å². The largest absolute Gasteiger partial charge is 0.455 e. The van der Waals surface area contributed by atoms with E-state index in [1.54, 1.807) is 0 Å². The molecule has 186 valence electrons. The number of fused-ring (bicyclic) bond motifs is 9. The minimum Gasteiger partial charge on any atom is -0.455 e. The predicted octanol–water partition coefficient (Wildman–Crippen LogP) is 9.59. The zero-order chi connectivity index (χ0) is 26.2. The lowest BCUT2D eigenvalue weighted by atomic mass is 9.99. The SMILES string of the molecule is c1ccc2c(c1)Cc1cc(-c3nc(-c4ccc5c(ccc6c7ccccc7oc56)c4)nc4ccccc34)ccc1-2. The summed E-state index contributed by atoms with van der Waals surface area (Å²) < 4.78 is 6.27. The Morgan fingerprint density at radius 3 is 2.27 bits per heavy atom. The average molecular weight is 511 g/mol.